The quantitative estimate of drug-likeness (QED) is 0.806. The lowest BCUT2D eigenvalue weighted by Gasteiger charge is -2.32. The molecule has 2 aromatic rings. The predicted octanol–water partition coefficient (Wildman–Crippen LogP) is 2.21. The van der Waals surface area contributed by atoms with Gasteiger partial charge in [0, 0.05) is 37.2 Å². The first-order chi connectivity index (χ1) is 13.0. The van der Waals surface area contributed by atoms with E-state index in [-0.39, 0.29) is 11.5 Å². The number of nitrogens with zero attached hydrogens (tertiary/aromatic N) is 4. The third-order valence-electron chi connectivity index (χ3n) is 5.83. The molecule has 7 nitrogen and oxygen atoms in total. The van der Waals surface area contributed by atoms with E-state index in [0.717, 1.165) is 61.5 Å². The van der Waals surface area contributed by atoms with Gasteiger partial charge in [-0.1, -0.05) is 5.16 Å². The van der Waals surface area contributed by atoms with E-state index in [4.69, 9.17) is 4.52 Å². The lowest BCUT2D eigenvalue weighted by molar-refractivity contribution is -0.131. The number of carbonyl (C=O) groups excluding carboxylic acids is 1. The van der Waals surface area contributed by atoms with Crippen LogP contribution in [-0.2, 0) is 17.8 Å². The Labute approximate surface area is 158 Å². The zero-order valence-electron chi connectivity index (χ0n) is 16.0. The first-order valence-electron chi connectivity index (χ1n) is 9.77. The molecule has 27 heavy (non-hydrogen) atoms. The van der Waals surface area contributed by atoms with Crippen molar-refractivity contribution >= 4 is 5.91 Å². The highest BCUT2D eigenvalue weighted by atomic mass is 16.5. The fourth-order valence-electron chi connectivity index (χ4n) is 3.84. The van der Waals surface area contributed by atoms with E-state index < -0.39 is 0 Å². The van der Waals surface area contributed by atoms with Crippen LogP contribution in [0.1, 0.15) is 54.3 Å². The summed E-state index contributed by atoms with van der Waals surface area (Å²) < 4.78 is 6.87. The maximum absolute atomic E-state index is 12.6. The van der Waals surface area contributed by atoms with Gasteiger partial charge in [-0.25, -0.2) is 4.98 Å². The molecule has 2 aliphatic rings. The molecule has 2 fully saturated rings. The summed E-state index contributed by atoms with van der Waals surface area (Å²) in [4.78, 5) is 31.3. The van der Waals surface area contributed by atoms with Crippen LogP contribution in [-0.4, -0.2) is 38.6 Å². The number of aromatic nitrogens is 3. The molecule has 4 rings (SSSR count). The van der Waals surface area contributed by atoms with Crippen molar-refractivity contribution in [3.8, 4) is 0 Å². The minimum Gasteiger partial charge on any atom is -0.361 e. The minimum absolute atomic E-state index is 0.0452. The number of carbonyl (C=O) groups is 1. The summed E-state index contributed by atoms with van der Waals surface area (Å²) in [5, 5.41) is 3.92. The molecule has 1 saturated carbocycles. The lowest BCUT2D eigenvalue weighted by Crippen LogP contribution is -2.40. The molecule has 2 aromatic heterocycles. The van der Waals surface area contributed by atoms with Gasteiger partial charge in [0.05, 0.1) is 24.1 Å². The molecule has 144 valence electrons. The Hall–Kier alpha value is -2.44. The maximum Gasteiger partial charge on any atom is 0.253 e. The molecule has 0 radical (unpaired) electrons. The van der Waals surface area contributed by atoms with Crippen molar-refractivity contribution in [1.29, 1.82) is 0 Å². The molecule has 1 aliphatic heterocycles. The Morgan fingerprint density at radius 3 is 2.56 bits per heavy atom. The summed E-state index contributed by atoms with van der Waals surface area (Å²) in [6, 6.07) is 1.69. The van der Waals surface area contributed by atoms with Gasteiger partial charge in [-0.3, -0.25) is 14.2 Å². The molecule has 1 amide bonds. The summed E-state index contributed by atoms with van der Waals surface area (Å²) >= 11 is 0. The van der Waals surface area contributed by atoms with Crippen molar-refractivity contribution in [2.45, 2.75) is 58.4 Å². The van der Waals surface area contributed by atoms with E-state index in [0.29, 0.717) is 24.8 Å². The minimum atomic E-state index is 0.0452. The Bertz CT molecular complexity index is 869. The molecule has 0 bridgehead atoms. The molecule has 0 N–H and O–H groups in total. The van der Waals surface area contributed by atoms with Gasteiger partial charge in [-0.15, -0.1) is 0 Å². The Balaban J connectivity index is 1.31. The number of hydrogen-bond donors (Lipinski definition) is 0. The summed E-state index contributed by atoms with van der Waals surface area (Å²) in [7, 11) is 0. The summed E-state index contributed by atoms with van der Waals surface area (Å²) in [6.45, 7) is 5.85. The second kappa shape index (κ2) is 7.29. The zero-order chi connectivity index (χ0) is 19.0. The van der Waals surface area contributed by atoms with Crippen molar-refractivity contribution < 1.29 is 9.32 Å². The maximum atomic E-state index is 12.6. The summed E-state index contributed by atoms with van der Waals surface area (Å²) in [5.41, 5.74) is 2.67. The Morgan fingerprint density at radius 1 is 1.22 bits per heavy atom. The van der Waals surface area contributed by atoms with Crippen LogP contribution in [0.15, 0.2) is 21.7 Å². The number of piperidine rings is 1. The van der Waals surface area contributed by atoms with Gasteiger partial charge in [0.2, 0.25) is 5.91 Å². The third-order valence-corrected chi connectivity index (χ3v) is 5.83. The Kier molecular flexibility index (Phi) is 4.85. The topological polar surface area (TPSA) is 81.2 Å². The first-order valence-corrected chi connectivity index (χ1v) is 9.77. The van der Waals surface area contributed by atoms with Crippen LogP contribution in [0, 0.1) is 19.8 Å². The van der Waals surface area contributed by atoms with Gasteiger partial charge in [-0.05, 0) is 45.4 Å². The smallest absolute Gasteiger partial charge is 0.253 e. The van der Waals surface area contributed by atoms with Crippen LogP contribution in [0.5, 0.6) is 0 Å². The standard InChI is InChI=1S/C20H26N4O3/c1-13-17(14(2)27-22-13)9-19(25)23-7-5-15(6-8-23)11-24-12-21-18(10-20(24)26)16-3-4-16/h10,12,15-16H,3-9,11H2,1-2H3. The molecule has 1 saturated heterocycles. The van der Waals surface area contributed by atoms with Gasteiger partial charge < -0.3 is 9.42 Å². The van der Waals surface area contributed by atoms with Crippen molar-refractivity contribution in [2.75, 3.05) is 13.1 Å². The van der Waals surface area contributed by atoms with Gasteiger partial charge in [0.15, 0.2) is 0 Å². The van der Waals surface area contributed by atoms with Crippen molar-refractivity contribution in [2.24, 2.45) is 5.92 Å². The highest BCUT2D eigenvalue weighted by molar-refractivity contribution is 5.79. The fraction of sp³-hybridized carbons (Fsp3) is 0.600. The predicted molar refractivity (Wildman–Crippen MR) is 99.5 cm³/mol. The molecule has 0 aromatic carbocycles. The van der Waals surface area contributed by atoms with Gasteiger partial charge in [0.25, 0.3) is 5.56 Å². The highest BCUT2D eigenvalue weighted by Crippen LogP contribution is 2.38. The number of amides is 1. The number of likely N-dealkylation sites (tertiary alicyclic amines) is 1. The van der Waals surface area contributed by atoms with Crippen LogP contribution >= 0.6 is 0 Å². The van der Waals surface area contributed by atoms with E-state index in [1.165, 1.54) is 0 Å². The van der Waals surface area contributed by atoms with E-state index >= 15 is 0 Å². The average molecular weight is 370 g/mol. The third kappa shape index (κ3) is 3.96. The molecular weight excluding hydrogens is 344 g/mol. The summed E-state index contributed by atoms with van der Waals surface area (Å²) in [6.07, 6.45) is 6.16. The van der Waals surface area contributed by atoms with Crippen LogP contribution in [0.3, 0.4) is 0 Å². The lowest BCUT2D eigenvalue weighted by atomic mass is 9.96. The van der Waals surface area contributed by atoms with Crippen LogP contribution < -0.4 is 5.56 Å². The Morgan fingerprint density at radius 2 is 1.96 bits per heavy atom. The molecule has 0 spiro atoms. The first kappa shape index (κ1) is 17.9. The molecule has 1 aliphatic carbocycles. The average Bonchev–Trinajstić information content (AvgIpc) is 3.46. The van der Waals surface area contributed by atoms with Crippen molar-refractivity contribution in [1.82, 2.24) is 19.6 Å². The molecular formula is C20H26N4O3. The molecule has 0 atom stereocenters. The van der Waals surface area contributed by atoms with Crippen molar-refractivity contribution in [3.63, 3.8) is 0 Å². The van der Waals surface area contributed by atoms with E-state index in [1.807, 2.05) is 18.7 Å². The molecule has 3 heterocycles. The molecule has 7 heteroatoms. The van der Waals surface area contributed by atoms with Crippen LogP contribution in [0.25, 0.3) is 0 Å². The van der Waals surface area contributed by atoms with Crippen molar-refractivity contribution in [3.05, 3.63) is 45.5 Å². The van der Waals surface area contributed by atoms with E-state index in [1.54, 1.807) is 17.0 Å². The monoisotopic (exact) mass is 370 g/mol. The highest BCUT2D eigenvalue weighted by Gasteiger charge is 2.27. The van der Waals surface area contributed by atoms with E-state index in [2.05, 4.69) is 10.1 Å². The van der Waals surface area contributed by atoms with Gasteiger partial charge in [0.1, 0.15) is 5.76 Å². The van der Waals surface area contributed by atoms with Crippen LogP contribution in [0.2, 0.25) is 0 Å². The summed E-state index contributed by atoms with van der Waals surface area (Å²) in [5.74, 6) is 1.74. The normalized spacial score (nSPS) is 18.1. The largest absolute Gasteiger partial charge is 0.361 e. The SMILES string of the molecule is Cc1noc(C)c1CC(=O)N1CCC(Cn2cnc(C3CC3)cc2=O)CC1. The second-order valence-corrected chi connectivity index (χ2v) is 7.88. The molecule has 0 unspecified atom stereocenters. The number of rotatable bonds is 5. The zero-order valence-corrected chi connectivity index (χ0v) is 16.0. The van der Waals surface area contributed by atoms with E-state index in [9.17, 15) is 9.59 Å². The van der Waals surface area contributed by atoms with Gasteiger partial charge in [-0.2, -0.15) is 0 Å². The fourth-order valence-corrected chi connectivity index (χ4v) is 3.84. The number of aryl methyl sites for hydroxylation is 2. The van der Waals surface area contributed by atoms with Gasteiger partial charge >= 0.3 is 0 Å². The number of hydrogen-bond acceptors (Lipinski definition) is 5. The second-order valence-electron chi connectivity index (χ2n) is 7.88. The van der Waals surface area contributed by atoms with Crippen LogP contribution in [0.4, 0.5) is 0 Å².